The molecule has 1 amide bonds. The Hall–Kier alpha value is -2.14. The van der Waals surface area contributed by atoms with E-state index in [1.54, 1.807) is 29.2 Å². The van der Waals surface area contributed by atoms with Crippen LogP contribution in [0.2, 0.25) is 5.02 Å². The van der Waals surface area contributed by atoms with Crippen molar-refractivity contribution in [3.63, 3.8) is 0 Å². The maximum atomic E-state index is 12.4. The molecule has 2 aromatic rings. The number of anilines is 1. The van der Waals surface area contributed by atoms with Gasteiger partial charge in [-0.3, -0.25) is 4.79 Å². The van der Waals surface area contributed by atoms with E-state index in [4.69, 9.17) is 17.3 Å². The number of carbonyl (C=O) groups excluding carboxylic acids is 1. The summed E-state index contributed by atoms with van der Waals surface area (Å²) >= 11 is 5.92. The maximum Gasteiger partial charge on any atom is 0.254 e. The maximum absolute atomic E-state index is 12.4. The second-order valence-corrected chi connectivity index (χ2v) is 5.11. The molecule has 0 bridgehead atoms. The molecule has 2 N–H and O–H groups in total. The molecule has 1 aliphatic rings. The van der Waals surface area contributed by atoms with E-state index in [1.807, 2.05) is 0 Å². The van der Waals surface area contributed by atoms with Crippen LogP contribution in [0.5, 0.6) is 0 Å². The molecule has 0 fully saturated rings. The Bertz CT molecular complexity index is 674. The highest BCUT2D eigenvalue weighted by Crippen LogP contribution is 2.22. The smallest absolute Gasteiger partial charge is 0.254 e. The van der Waals surface area contributed by atoms with Gasteiger partial charge in [0.15, 0.2) is 0 Å². The lowest BCUT2D eigenvalue weighted by Crippen LogP contribution is -2.36. The van der Waals surface area contributed by atoms with Crippen LogP contribution in [0.15, 0.2) is 30.6 Å². The number of aromatic nitrogens is 2. The van der Waals surface area contributed by atoms with Crippen molar-refractivity contribution in [3.8, 4) is 0 Å². The molecule has 1 aliphatic heterocycles. The van der Waals surface area contributed by atoms with Gasteiger partial charge in [-0.25, -0.2) is 9.97 Å². The summed E-state index contributed by atoms with van der Waals surface area (Å²) < 4.78 is 0. The summed E-state index contributed by atoms with van der Waals surface area (Å²) in [7, 11) is 0. The molecule has 102 valence electrons. The number of nitrogens with two attached hydrogens (primary N) is 1. The van der Waals surface area contributed by atoms with Crippen LogP contribution >= 0.6 is 11.6 Å². The van der Waals surface area contributed by atoms with Crippen molar-refractivity contribution < 1.29 is 4.79 Å². The molecule has 6 heteroatoms. The molecule has 1 aromatic heterocycles. The number of nitrogens with zero attached hydrogens (tertiary/aromatic N) is 3. The molecule has 0 unspecified atom stereocenters. The topological polar surface area (TPSA) is 72.1 Å². The summed E-state index contributed by atoms with van der Waals surface area (Å²) in [6.45, 7) is 1.06. The minimum absolute atomic E-state index is 0.0460. The summed E-state index contributed by atoms with van der Waals surface area (Å²) in [5.74, 6) is 0.459. The number of carbonyl (C=O) groups is 1. The van der Waals surface area contributed by atoms with Gasteiger partial charge in [-0.05, 0) is 24.6 Å². The van der Waals surface area contributed by atoms with Crippen LogP contribution in [0.25, 0.3) is 0 Å². The van der Waals surface area contributed by atoms with Crippen molar-refractivity contribution in [2.45, 2.75) is 13.0 Å². The monoisotopic (exact) mass is 288 g/mol. The van der Waals surface area contributed by atoms with E-state index in [-0.39, 0.29) is 5.91 Å². The van der Waals surface area contributed by atoms with E-state index >= 15 is 0 Å². The van der Waals surface area contributed by atoms with Gasteiger partial charge in [0, 0.05) is 22.7 Å². The molecule has 2 heterocycles. The van der Waals surface area contributed by atoms with Gasteiger partial charge in [0.1, 0.15) is 12.1 Å². The average molecular weight is 289 g/mol. The molecule has 1 aromatic carbocycles. The van der Waals surface area contributed by atoms with Gasteiger partial charge in [-0.15, -0.1) is 0 Å². The molecule has 0 saturated carbocycles. The van der Waals surface area contributed by atoms with Gasteiger partial charge in [0.2, 0.25) is 0 Å². The third kappa shape index (κ3) is 2.32. The van der Waals surface area contributed by atoms with E-state index < -0.39 is 0 Å². The van der Waals surface area contributed by atoms with Crippen LogP contribution in [0.3, 0.4) is 0 Å². The summed E-state index contributed by atoms with van der Waals surface area (Å²) in [5, 5.41) is 0.555. The van der Waals surface area contributed by atoms with Crippen molar-refractivity contribution in [2.75, 3.05) is 12.3 Å². The molecular formula is C14H13ClN4O. The number of benzene rings is 1. The fraction of sp³-hybridized carbons (Fsp3) is 0.214. The predicted octanol–water partition coefficient (Wildman–Crippen LogP) is 1.91. The first kappa shape index (κ1) is 12.9. The van der Waals surface area contributed by atoms with Gasteiger partial charge in [-0.1, -0.05) is 17.7 Å². The van der Waals surface area contributed by atoms with Crippen molar-refractivity contribution in [1.29, 1.82) is 0 Å². The molecule has 0 atom stereocenters. The van der Waals surface area contributed by atoms with E-state index in [1.165, 1.54) is 6.33 Å². The molecule has 0 saturated heterocycles. The highest BCUT2D eigenvalue weighted by Gasteiger charge is 2.24. The zero-order valence-electron chi connectivity index (χ0n) is 10.7. The zero-order chi connectivity index (χ0) is 14.1. The summed E-state index contributed by atoms with van der Waals surface area (Å²) in [6, 6.07) is 6.96. The van der Waals surface area contributed by atoms with Crippen molar-refractivity contribution in [3.05, 3.63) is 52.4 Å². The van der Waals surface area contributed by atoms with E-state index in [2.05, 4.69) is 9.97 Å². The largest absolute Gasteiger partial charge is 0.383 e. The quantitative estimate of drug-likeness (QED) is 0.870. The lowest BCUT2D eigenvalue weighted by Gasteiger charge is -2.28. The first-order valence-electron chi connectivity index (χ1n) is 6.28. The Kier molecular flexibility index (Phi) is 3.28. The highest BCUT2D eigenvalue weighted by atomic mass is 35.5. The number of halogens is 1. The fourth-order valence-electron chi connectivity index (χ4n) is 2.36. The SMILES string of the molecule is Nc1ncnc2c1CCN(C(=O)c1cccc(Cl)c1)C2. The first-order valence-corrected chi connectivity index (χ1v) is 6.66. The standard InChI is InChI=1S/C14H13ClN4O/c15-10-3-1-2-9(6-10)14(20)19-5-4-11-12(7-19)17-8-18-13(11)16/h1-3,6,8H,4-5,7H2,(H2,16,17,18). The van der Waals surface area contributed by atoms with Gasteiger partial charge in [-0.2, -0.15) is 0 Å². The lowest BCUT2D eigenvalue weighted by atomic mass is 10.0. The second-order valence-electron chi connectivity index (χ2n) is 4.67. The van der Waals surface area contributed by atoms with Crippen molar-refractivity contribution in [1.82, 2.24) is 14.9 Å². The minimum atomic E-state index is -0.0460. The summed E-state index contributed by atoms with van der Waals surface area (Å²) in [6.07, 6.45) is 2.11. The van der Waals surface area contributed by atoms with Crippen LogP contribution in [-0.4, -0.2) is 27.3 Å². The second kappa shape index (κ2) is 5.09. The van der Waals surface area contributed by atoms with E-state index in [9.17, 15) is 4.79 Å². The number of nitrogen functional groups attached to an aromatic ring is 1. The average Bonchev–Trinajstić information content (AvgIpc) is 2.46. The van der Waals surface area contributed by atoms with Gasteiger partial charge >= 0.3 is 0 Å². The van der Waals surface area contributed by atoms with Crippen molar-refractivity contribution in [2.24, 2.45) is 0 Å². The molecule has 5 nitrogen and oxygen atoms in total. The Morgan fingerprint density at radius 3 is 3.00 bits per heavy atom. The van der Waals surface area contributed by atoms with Crippen LogP contribution < -0.4 is 5.73 Å². The summed E-state index contributed by atoms with van der Waals surface area (Å²) in [4.78, 5) is 22.4. The lowest BCUT2D eigenvalue weighted by molar-refractivity contribution is 0.0732. The highest BCUT2D eigenvalue weighted by molar-refractivity contribution is 6.30. The first-order chi connectivity index (χ1) is 9.65. The number of rotatable bonds is 1. The molecule has 20 heavy (non-hydrogen) atoms. The Morgan fingerprint density at radius 1 is 1.35 bits per heavy atom. The molecule has 0 aliphatic carbocycles. The minimum Gasteiger partial charge on any atom is -0.383 e. The van der Waals surface area contributed by atoms with Gasteiger partial charge < -0.3 is 10.6 Å². The van der Waals surface area contributed by atoms with Crippen LogP contribution in [0.1, 0.15) is 21.6 Å². The third-order valence-electron chi connectivity index (χ3n) is 3.40. The molecular weight excluding hydrogens is 276 g/mol. The summed E-state index contributed by atoms with van der Waals surface area (Å²) in [5.41, 5.74) is 8.17. The van der Waals surface area contributed by atoms with Crippen LogP contribution in [-0.2, 0) is 13.0 Å². The third-order valence-corrected chi connectivity index (χ3v) is 3.63. The fourth-order valence-corrected chi connectivity index (χ4v) is 2.55. The van der Waals surface area contributed by atoms with E-state index in [0.717, 1.165) is 11.3 Å². The van der Waals surface area contributed by atoms with Gasteiger partial charge in [0.05, 0.1) is 12.2 Å². The molecule has 0 spiro atoms. The molecule has 3 rings (SSSR count). The van der Waals surface area contributed by atoms with Crippen LogP contribution in [0.4, 0.5) is 5.82 Å². The number of hydrogen-bond acceptors (Lipinski definition) is 4. The van der Waals surface area contributed by atoms with Crippen LogP contribution in [0, 0.1) is 0 Å². The van der Waals surface area contributed by atoms with Crippen molar-refractivity contribution >= 4 is 23.3 Å². The Balaban J connectivity index is 1.85. The predicted molar refractivity (Wildman–Crippen MR) is 76.3 cm³/mol. The van der Waals surface area contributed by atoms with E-state index in [0.29, 0.717) is 35.9 Å². The zero-order valence-corrected chi connectivity index (χ0v) is 11.5. The molecule has 0 radical (unpaired) electrons. The van der Waals surface area contributed by atoms with Gasteiger partial charge in [0.25, 0.3) is 5.91 Å². The number of amides is 1. The normalized spacial score (nSPS) is 13.9. The Morgan fingerprint density at radius 2 is 2.20 bits per heavy atom. The number of hydrogen-bond donors (Lipinski definition) is 1. The number of fused-ring (bicyclic) bond motifs is 1. The Labute approximate surface area is 121 Å².